The van der Waals surface area contributed by atoms with E-state index >= 15 is 0 Å². The SMILES string of the molecule is CNC(=O)c1ccc(/C=C\C(=O)Nc2ccn(CCc3ccncc3)n2)cc1. The van der Waals surface area contributed by atoms with E-state index in [2.05, 4.69) is 20.7 Å². The molecule has 0 aliphatic heterocycles. The zero-order valence-corrected chi connectivity index (χ0v) is 15.5. The molecule has 3 rings (SSSR count). The number of amides is 2. The minimum atomic E-state index is -0.269. The molecule has 142 valence electrons. The van der Waals surface area contributed by atoms with Crippen LogP contribution < -0.4 is 10.6 Å². The Bertz CT molecular complexity index is 962. The lowest BCUT2D eigenvalue weighted by molar-refractivity contribution is -0.111. The van der Waals surface area contributed by atoms with Crippen LogP contribution in [0, 0.1) is 0 Å². The minimum absolute atomic E-state index is 0.146. The molecule has 0 fully saturated rings. The smallest absolute Gasteiger partial charge is 0.251 e. The summed E-state index contributed by atoms with van der Waals surface area (Å²) in [6, 6.07) is 12.7. The van der Waals surface area contributed by atoms with Crippen LogP contribution in [-0.4, -0.2) is 33.6 Å². The fourth-order valence-corrected chi connectivity index (χ4v) is 2.58. The Morgan fingerprint density at radius 2 is 1.82 bits per heavy atom. The fourth-order valence-electron chi connectivity index (χ4n) is 2.58. The van der Waals surface area contributed by atoms with Gasteiger partial charge in [0, 0.05) is 49.9 Å². The third-order valence-corrected chi connectivity index (χ3v) is 4.10. The van der Waals surface area contributed by atoms with Gasteiger partial charge in [-0.1, -0.05) is 12.1 Å². The average Bonchev–Trinajstić information content (AvgIpc) is 3.18. The molecule has 0 saturated heterocycles. The maximum atomic E-state index is 12.1. The number of anilines is 1. The van der Waals surface area contributed by atoms with E-state index in [1.165, 1.54) is 11.6 Å². The molecule has 2 amide bonds. The molecule has 0 aliphatic rings. The average molecular weight is 375 g/mol. The molecule has 2 heterocycles. The van der Waals surface area contributed by atoms with Crippen molar-refractivity contribution in [1.29, 1.82) is 0 Å². The van der Waals surface area contributed by atoms with E-state index < -0.39 is 0 Å². The first kappa shape index (κ1) is 19.0. The van der Waals surface area contributed by atoms with E-state index in [-0.39, 0.29) is 11.8 Å². The van der Waals surface area contributed by atoms with E-state index in [1.807, 2.05) is 18.3 Å². The van der Waals surface area contributed by atoms with Gasteiger partial charge in [-0.05, 0) is 47.9 Å². The van der Waals surface area contributed by atoms with Crippen LogP contribution in [0.4, 0.5) is 5.82 Å². The van der Waals surface area contributed by atoms with Crippen LogP contribution in [0.1, 0.15) is 21.5 Å². The molecule has 0 unspecified atom stereocenters. The Labute approximate surface area is 163 Å². The van der Waals surface area contributed by atoms with Crippen LogP contribution in [-0.2, 0) is 17.8 Å². The Morgan fingerprint density at radius 1 is 1.07 bits per heavy atom. The van der Waals surface area contributed by atoms with Crippen LogP contribution in [0.5, 0.6) is 0 Å². The molecule has 0 radical (unpaired) electrons. The quantitative estimate of drug-likeness (QED) is 0.621. The first-order chi connectivity index (χ1) is 13.6. The van der Waals surface area contributed by atoms with Gasteiger partial charge in [-0.3, -0.25) is 19.3 Å². The standard InChI is InChI=1S/C21H21N5O2/c1-22-21(28)18-5-2-16(3-6-18)4-7-20(27)24-19-11-15-26(25-19)14-10-17-8-12-23-13-9-17/h2-9,11-13,15H,10,14H2,1H3,(H,22,28)(H,24,25,27)/b7-4-. The molecule has 7 heteroatoms. The fraction of sp³-hybridized carbons (Fsp3) is 0.143. The lowest BCUT2D eigenvalue weighted by Crippen LogP contribution is -2.17. The maximum Gasteiger partial charge on any atom is 0.251 e. The summed E-state index contributed by atoms with van der Waals surface area (Å²) in [5.74, 6) is 0.0851. The second-order valence-electron chi connectivity index (χ2n) is 6.09. The Morgan fingerprint density at radius 3 is 2.54 bits per heavy atom. The van der Waals surface area contributed by atoms with Crippen LogP contribution in [0.2, 0.25) is 0 Å². The Balaban J connectivity index is 1.51. The summed E-state index contributed by atoms with van der Waals surface area (Å²) in [6.07, 6.45) is 9.32. The predicted octanol–water partition coefficient (Wildman–Crippen LogP) is 2.53. The van der Waals surface area contributed by atoms with E-state index in [0.29, 0.717) is 17.9 Å². The van der Waals surface area contributed by atoms with Crippen molar-refractivity contribution in [2.75, 3.05) is 12.4 Å². The van der Waals surface area contributed by atoms with Crippen molar-refractivity contribution in [2.24, 2.45) is 0 Å². The molecule has 0 aliphatic carbocycles. The highest BCUT2D eigenvalue weighted by molar-refractivity contribution is 6.01. The van der Waals surface area contributed by atoms with Crippen molar-refractivity contribution in [3.05, 3.63) is 83.8 Å². The summed E-state index contributed by atoms with van der Waals surface area (Å²) < 4.78 is 1.79. The van der Waals surface area contributed by atoms with Crippen LogP contribution >= 0.6 is 0 Å². The molecule has 0 bridgehead atoms. The predicted molar refractivity (Wildman–Crippen MR) is 108 cm³/mol. The van der Waals surface area contributed by atoms with Crippen molar-refractivity contribution >= 4 is 23.7 Å². The summed E-state index contributed by atoms with van der Waals surface area (Å²) >= 11 is 0. The number of hydrogen-bond acceptors (Lipinski definition) is 4. The molecule has 1 aromatic carbocycles. The third kappa shape index (κ3) is 5.38. The first-order valence-corrected chi connectivity index (χ1v) is 8.87. The Kier molecular flexibility index (Phi) is 6.30. The highest BCUT2D eigenvalue weighted by atomic mass is 16.2. The lowest BCUT2D eigenvalue weighted by Gasteiger charge is -2.02. The highest BCUT2D eigenvalue weighted by Gasteiger charge is 2.04. The number of aryl methyl sites for hydroxylation is 2. The van der Waals surface area contributed by atoms with Gasteiger partial charge in [0.15, 0.2) is 5.82 Å². The number of nitrogens with one attached hydrogen (secondary N) is 2. The molecule has 0 atom stereocenters. The molecule has 0 spiro atoms. The van der Waals surface area contributed by atoms with Gasteiger partial charge in [-0.25, -0.2) is 0 Å². The zero-order valence-electron chi connectivity index (χ0n) is 15.5. The van der Waals surface area contributed by atoms with Crippen molar-refractivity contribution in [1.82, 2.24) is 20.1 Å². The largest absolute Gasteiger partial charge is 0.355 e. The van der Waals surface area contributed by atoms with E-state index in [9.17, 15) is 9.59 Å². The van der Waals surface area contributed by atoms with Gasteiger partial charge in [0.2, 0.25) is 5.91 Å². The van der Waals surface area contributed by atoms with Crippen LogP contribution in [0.25, 0.3) is 6.08 Å². The van der Waals surface area contributed by atoms with E-state index in [1.54, 1.807) is 60.5 Å². The summed E-state index contributed by atoms with van der Waals surface area (Å²) in [5, 5.41) is 9.65. The van der Waals surface area contributed by atoms with Crippen LogP contribution in [0.15, 0.2) is 67.1 Å². The van der Waals surface area contributed by atoms with Crippen molar-refractivity contribution < 1.29 is 9.59 Å². The number of pyridine rings is 1. The molecule has 3 aromatic rings. The van der Waals surface area contributed by atoms with E-state index in [4.69, 9.17) is 0 Å². The molecular formula is C21H21N5O2. The summed E-state index contributed by atoms with van der Waals surface area (Å²) in [5.41, 5.74) is 2.58. The van der Waals surface area contributed by atoms with Gasteiger partial charge < -0.3 is 10.6 Å². The van der Waals surface area contributed by atoms with Gasteiger partial charge >= 0.3 is 0 Å². The minimum Gasteiger partial charge on any atom is -0.355 e. The van der Waals surface area contributed by atoms with E-state index in [0.717, 1.165) is 12.0 Å². The summed E-state index contributed by atoms with van der Waals surface area (Å²) in [6.45, 7) is 0.716. The van der Waals surface area contributed by atoms with Crippen LogP contribution in [0.3, 0.4) is 0 Å². The molecule has 7 nitrogen and oxygen atoms in total. The van der Waals surface area contributed by atoms with Crippen molar-refractivity contribution in [3.8, 4) is 0 Å². The lowest BCUT2D eigenvalue weighted by atomic mass is 10.1. The molecule has 2 N–H and O–H groups in total. The van der Waals surface area contributed by atoms with Gasteiger partial charge in [0.05, 0.1) is 0 Å². The van der Waals surface area contributed by atoms with Gasteiger partial charge in [-0.15, -0.1) is 0 Å². The third-order valence-electron chi connectivity index (χ3n) is 4.10. The van der Waals surface area contributed by atoms with Crippen molar-refractivity contribution in [3.63, 3.8) is 0 Å². The number of nitrogens with zero attached hydrogens (tertiary/aromatic N) is 3. The van der Waals surface area contributed by atoms with Gasteiger partial charge in [-0.2, -0.15) is 5.10 Å². The first-order valence-electron chi connectivity index (χ1n) is 8.87. The molecule has 28 heavy (non-hydrogen) atoms. The Hall–Kier alpha value is -3.74. The normalized spacial score (nSPS) is 10.8. The maximum absolute atomic E-state index is 12.1. The summed E-state index contributed by atoms with van der Waals surface area (Å²) in [7, 11) is 1.58. The van der Waals surface area contributed by atoms with Gasteiger partial charge in [0.1, 0.15) is 0 Å². The molecular weight excluding hydrogens is 354 g/mol. The number of aromatic nitrogens is 3. The molecule has 2 aromatic heterocycles. The number of carbonyl (C=O) groups is 2. The highest BCUT2D eigenvalue weighted by Crippen LogP contribution is 2.08. The number of carbonyl (C=O) groups excluding carboxylic acids is 2. The number of benzene rings is 1. The second kappa shape index (κ2) is 9.27. The topological polar surface area (TPSA) is 88.9 Å². The van der Waals surface area contributed by atoms with Crippen molar-refractivity contribution in [2.45, 2.75) is 13.0 Å². The number of hydrogen-bond donors (Lipinski definition) is 2. The summed E-state index contributed by atoms with van der Waals surface area (Å²) in [4.78, 5) is 27.6. The zero-order chi connectivity index (χ0) is 19.8. The van der Waals surface area contributed by atoms with Gasteiger partial charge in [0.25, 0.3) is 5.91 Å². The molecule has 0 saturated carbocycles. The monoisotopic (exact) mass is 375 g/mol. The number of rotatable bonds is 7. The second-order valence-corrected chi connectivity index (χ2v) is 6.09.